The molecule has 0 aliphatic carbocycles. The number of anilines is 1. The van der Waals surface area contributed by atoms with E-state index >= 15 is 0 Å². The van der Waals surface area contributed by atoms with Gasteiger partial charge in [0.25, 0.3) is 0 Å². The zero-order valence-electron chi connectivity index (χ0n) is 11.6. The van der Waals surface area contributed by atoms with Gasteiger partial charge in [-0.05, 0) is 30.0 Å². The van der Waals surface area contributed by atoms with Crippen LogP contribution in [0.4, 0.5) is 5.69 Å². The van der Waals surface area contributed by atoms with Crippen LogP contribution in [0, 0.1) is 5.92 Å². The molecule has 0 fully saturated rings. The van der Waals surface area contributed by atoms with Gasteiger partial charge in [0.05, 0.1) is 0 Å². The number of hydrogen-bond acceptors (Lipinski definition) is 1. The van der Waals surface area contributed by atoms with E-state index in [1.54, 1.807) is 0 Å². The molecule has 1 nitrogen and oxygen atoms in total. The molecule has 17 heavy (non-hydrogen) atoms. The van der Waals surface area contributed by atoms with E-state index in [0.29, 0.717) is 5.92 Å². The van der Waals surface area contributed by atoms with E-state index in [1.165, 1.54) is 30.5 Å². The average Bonchev–Trinajstić information content (AvgIpc) is 2.34. The fraction of sp³-hybridized carbons (Fsp3) is 0.500. The molecular weight excluding hydrogens is 206 g/mol. The van der Waals surface area contributed by atoms with Gasteiger partial charge in [-0.25, -0.2) is 0 Å². The molecule has 0 bridgehead atoms. The topological polar surface area (TPSA) is 3.24 Å². The maximum atomic E-state index is 2.32. The fourth-order valence-corrected chi connectivity index (χ4v) is 1.78. The third-order valence-corrected chi connectivity index (χ3v) is 3.04. The highest BCUT2D eigenvalue weighted by molar-refractivity contribution is 5.55. The third-order valence-electron chi connectivity index (χ3n) is 3.04. The molecule has 0 aromatic heterocycles. The minimum absolute atomic E-state index is 0.684. The molecule has 0 radical (unpaired) electrons. The normalized spacial score (nSPS) is 12.9. The van der Waals surface area contributed by atoms with Crippen molar-refractivity contribution >= 4 is 11.8 Å². The highest BCUT2D eigenvalue weighted by Crippen LogP contribution is 2.15. The fourth-order valence-electron chi connectivity index (χ4n) is 1.78. The molecule has 0 aliphatic rings. The van der Waals surface area contributed by atoms with Crippen LogP contribution in [-0.4, -0.2) is 14.1 Å². The van der Waals surface area contributed by atoms with Crippen molar-refractivity contribution in [2.75, 3.05) is 19.0 Å². The summed E-state index contributed by atoms with van der Waals surface area (Å²) in [5, 5.41) is 0. The van der Waals surface area contributed by atoms with Crippen molar-refractivity contribution in [1.82, 2.24) is 0 Å². The molecular formula is C16H25N. The number of hydrogen-bond donors (Lipinski definition) is 0. The number of allylic oxidation sites excluding steroid dienone is 1. The monoisotopic (exact) mass is 231 g/mol. The Kier molecular flexibility index (Phi) is 5.82. The van der Waals surface area contributed by atoms with Crippen molar-refractivity contribution in [3.63, 3.8) is 0 Å². The van der Waals surface area contributed by atoms with Crippen molar-refractivity contribution in [3.8, 4) is 0 Å². The van der Waals surface area contributed by atoms with Gasteiger partial charge in [0.2, 0.25) is 0 Å². The van der Waals surface area contributed by atoms with Crippen LogP contribution in [0.3, 0.4) is 0 Å². The third kappa shape index (κ3) is 5.08. The molecule has 0 N–H and O–H groups in total. The molecule has 1 rings (SSSR count). The molecule has 0 aliphatic heterocycles. The van der Waals surface area contributed by atoms with Crippen molar-refractivity contribution in [3.05, 3.63) is 35.9 Å². The number of benzene rings is 1. The van der Waals surface area contributed by atoms with Crippen LogP contribution in [0.1, 0.15) is 38.7 Å². The quantitative estimate of drug-likeness (QED) is 0.692. The van der Waals surface area contributed by atoms with Crippen molar-refractivity contribution in [1.29, 1.82) is 0 Å². The minimum atomic E-state index is 0.684. The maximum absolute atomic E-state index is 2.32. The standard InChI is InChI=1S/C16H25N/c1-5-6-7-14(2)8-9-15-10-12-16(13-11-15)17(3)4/h8-14H,5-7H2,1-4H3/b9-8+. The van der Waals surface area contributed by atoms with Crippen molar-refractivity contribution in [2.24, 2.45) is 5.92 Å². The Hall–Kier alpha value is -1.24. The lowest BCUT2D eigenvalue weighted by Crippen LogP contribution is -2.07. The lowest BCUT2D eigenvalue weighted by molar-refractivity contribution is 0.600. The molecule has 1 unspecified atom stereocenters. The van der Waals surface area contributed by atoms with Gasteiger partial charge in [0.15, 0.2) is 0 Å². The summed E-state index contributed by atoms with van der Waals surface area (Å²) in [7, 11) is 4.13. The smallest absolute Gasteiger partial charge is 0.0361 e. The molecule has 0 heterocycles. The Morgan fingerprint density at radius 1 is 1.18 bits per heavy atom. The molecule has 94 valence electrons. The molecule has 1 aromatic carbocycles. The van der Waals surface area contributed by atoms with E-state index in [4.69, 9.17) is 0 Å². The van der Waals surface area contributed by atoms with Crippen LogP contribution in [0.25, 0.3) is 6.08 Å². The van der Waals surface area contributed by atoms with Gasteiger partial charge in [-0.2, -0.15) is 0 Å². The van der Waals surface area contributed by atoms with E-state index in [2.05, 4.69) is 69.3 Å². The van der Waals surface area contributed by atoms with Crippen LogP contribution in [-0.2, 0) is 0 Å². The summed E-state index contributed by atoms with van der Waals surface area (Å²) >= 11 is 0. The second-order valence-corrected chi connectivity index (χ2v) is 4.96. The van der Waals surface area contributed by atoms with Crippen LogP contribution in [0.15, 0.2) is 30.3 Å². The van der Waals surface area contributed by atoms with E-state index in [-0.39, 0.29) is 0 Å². The van der Waals surface area contributed by atoms with Gasteiger partial charge < -0.3 is 4.90 Å². The lowest BCUT2D eigenvalue weighted by atomic mass is 10.0. The van der Waals surface area contributed by atoms with Gasteiger partial charge >= 0.3 is 0 Å². The van der Waals surface area contributed by atoms with Crippen LogP contribution in [0.5, 0.6) is 0 Å². The second-order valence-electron chi connectivity index (χ2n) is 4.96. The number of unbranched alkanes of at least 4 members (excludes halogenated alkanes) is 1. The molecule has 0 amide bonds. The first-order valence-electron chi connectivity index (χ1n) is 6.59. The number of nitrogens with zero attached hydrogens (tertiary/aromatic N) is 1. The molecule has 0 saturated carbocycles. The molecule has 0 saturated heterocycles. The Morgan fingerprint density at radius 3 is 2.35 bits per heavy atom. The van der Waals surface area contributed by atoms with Gasteiger partial charge in [-0.15, -0.1) is 0 Å². The zero-order valence-corrected chi connectivity index (χ0v) is 11.6. The Labute approximate surface area is 106 Å². The van der Waals surface area contributed by atoms with E-state index < -0.39 is 0 Å². The molecule has 0 spiro atoms. The predicted molar refractivity (Wildman–Crippen MR) is 78.5 cm³/mol. The first kappa shape index (κ1) is 13.8. The summed E-state index contributed by atoms with van der Waals surface area (Å²) in [5.41, 5.74) is 2.54. The van der Waals surface area contributed by atoms with Crippen LogP contribution < -0.4 is 4.90 Å². The Morgan fingerprint density at radius 2 is 1.82 bits per heavy atom. The van der Waals surface area contributed by atoms with Crippen LogP contribution in [0.2, 0.25) is 0 Å². The van der Waals surface area contributed by atoms with E-state index in [1.807, 2.05) is 0 Å². The molecule has 1 heteroatoms. The second kappa shape index (κ2) is 7.16. The first-order valence-corrected chi connectivity index (χ1v) is 6.59. The number of rotatable bonds is 6. The van der Waals surface area contributed by atoms with E-state index in [9.17, 15) is 0 Å². The van der Waals surface area contributed by atoms with Gasteiger partial charge in [0.1, 0.15) is 0 Å². The minimum Gasteiger partial charge on any atom is -0.378 e. The summed E-state index contributed by atoms with van der Waals surface area (Å²) in [6.45, 7) is 4.54. The highest BCUT2D eigenvalue weighted by atomic mass is 15.1. The van der Waals surface area contributed by atoms with Gasteiger partial charge in [0, 0.05) is 19.8 Å². The van der Waals surface area contributed by atoms with Gasteiger partial charge in [-0.3, -0.25) is 0 Å². The summed E-state index contributed by atoms with van der Waals surface area (Å²) < 4.78 is 0. The molecule has 1 atom stereocenters. The summed E-state index contributed by atoms with van der Waals surface area (Å²) in [4.78, 5) is 2.12. The Bertz CT molecular complexity index is 335. The predicted octanol–water partition coefficient (Wildman–Crippen LogP) is 4.59. The first-order chi connectivity index (χ1) is 8.13. The zero-order chi connectivity index (χ0) is 12.7. The van der Waals surface area contributed by atoms with Crippen molar-refractivity contribution in [2.45, 2.75) is 33.1 Å². The average molecular weight is 231 g/mol. The maximum Gasteiger partial charge on any atom is 0.0361 e. The van der Waals surface area contributed by atoms with Gasteiger partial charge in [-0.1, -0.05) is 51.0 Å². The lowest BCUT2D eigenvalue weighted by Gasteiger charge is -2.12. The SMILES string of the molecule is CCCCC(C)/C=C/c1ccc(N(C)C)cc1. The van der Waals surface area contributed by atoms with Crippen LogP contribution >= 0.6 is 0 Å². The summed E-state index contributed by atoms with van der Waals surface area (Å²) in [5.74, 6) is 0.684. The molecule has 1 aromatic rings. The van der Waals surface area contributed by atoms with E-state index in [0.717, 1.165) is 0 Å². The summed E-state index contributed by atoms with van der Waals surface area (Å²) in [6.07, 6.45) is 8.46. The Balaban J connectivity index is 2.53. The largest absolute Gasteiger partial charge is 0.378 e. The van der Waals surface area contributed by atoms with Crippen molar-refractivity contribution < 1.29 is 0 Å². The summed E-state index contributed by atoms with van der Waals surface area (Å²) in [6, 6.07) is 8.68. The highest BCUT2D eigenvalue weighted by Gasteiger charge is 1.96.